The van der Waals surface area contributed by atoms with Crippen LogP contribution in [-0.4, -0.2) is 27.5 Å². The number of rotatable bonds is 5. The molecule has 1 aliphatic rings. The van der Waals surface area contributed by atoms with E-state index in [4.69, 9.17) is 16.4 Å². The Labute approximate surface area is 143 Å². The zero-order chi connectivity index (χ0) is 17.1. The summed E-state index contributed by atoms with van der Waals surface area (Å²) in [6, 6.07) is 6.21. The summed E-state index contributed by atoms with van der Waals surface area (Å²) in [7, 11) is 0. The molecule has 1 atom stereocenters. The van der Waals surface area contributed by atoms with E-state index in [-0.39, 0.29) is 22.9 Å². The number of oxime groups is 1. The maximum atomic E-state index is 13.9. The van der Waals surface area contributed by atoms with Crippen molar-refractivity contribution in [2.75, 3.05) is 0 Å². The average molecular weight is 351 g/mol. The molecular formula is C16H16ClFN4O2. The number of nitrogens with zero attached hydrogens (tertiary/aromatic N) is 3. The summed E-state index contributed by atoms with van der Waals surface area (Å²) in [5, 5.41) is 11.1. The molecule has 0 bridgehead atoms. The number of carbonyl (C=O) groups excluding carboxylic acids is 1. The number of benzene rings is 1. The number of amides is 1. The van der Waals surface area contributed by atoms with Gasteiger partial charge in [0, 0.05) is 19.2 Å². The van der Waals surface area contributed by atoms with Gasteiger partial charge in [0.2, 0.25) is 6.10 Å². The maximum absolute atomic E-state index is 13.9. The van der Waals surface area contributed by atoms with E-state index in [2.05, 4.69) is 15.6 Å². The number of nitrogens with one attached hydrogen (secondary N) is 1. The first-order chi connectivity index (χ1) is 11.6. The predicted molar refractivity (Wildman–Crippen MR) is 87.2 cm³/mol. The lowest BCUT2D eigenvalue weighted by atomic mass is 10.0. The maximum Gasteiger partial charge on any atom is 0.264 e. The van der Waals surface area contributed by atoms with E-state index in [0.29, 0.717) is 12.3 Å². The second-order valence-corrected chi connectivity index (χ2v) is 5.72. The first-order valence-electron chi connectivity index (χ1n) is 7.55. The molecule has 0 radical (unpaired) electrons. The van der Waals surface area contributed by atoms with Crippen LogP contribution in [0, 0.1) is 5.82 Å². The molecule has 1 aromatic carbocycles. The Kier molecular flexibility index (Phi) is 4.80. The predicted octanol–water partition coefficient (Wildman–Crippen LogP) is 2.50. The van der Waals surface area contributed by atoms with Crippen molar-refractivity contribution in [3.8, 4) is 0 Å². The van der Waals surface area contributed by atoms with Gasteiger partial charge in [-0.15, -0.1) is 0 Å². The molecular weight excluding hydrogens is 335 g/mol. The smallest absolute Gasteiger partial charge is 0.264 e. The molecule has 2 heterocycles. The summed E-state index contributed by atoms with van der Waals surface area (Å²) in [6.45, 7) is 3.04. The zero-order valence-corrected chi connectivity index (χ0v) is 13.8. The van der Waals surface area contributed by atoms with Gasteiger partial charge < -0.3 is 10.2 Å². The SMILES string of the molecule is CCn1ccc(CNC(=O)C2CC(c3c(F)cccc3Cl)=NO2)n1. The standard InChI is InChI=1S/C16H16ClFN4O2/c1-2-22-7-6-10(20-22)9-19-16(23)14-8-13(21-24-14)15-11(17)4-3-5-12(15)18/h3-7,14H,2,8-9H2,1H3,(H,19,23). The Morgan fingerprint density at radius 3 is 3.04 bits per heavy atom. The highest BCUT2D eigenvalue weighted by molar-refractivity contribution is 6.34. The largest absolute Gasteiger partial charge is 0.382 e. The van der Waals surface area contributed by atoms with Gasteiger partial charge in [-0.05, 0) is 25.1 Å². The van der Waals surface area contributed by atoms with Crippen molar-refractivity contribution in [1.82, 2.24) is 15.1 Å². The number of aryl methyl sites for hydroxylation is 1. The van der Waals surface area contributed by atoms with E-state index < -0.39 is 11.9 Å². The second kappa shape index (κ2) is 7.00. The van der Waals surface area contributed by atoms with Gasteiger partial charge in [-0.25, -0.2) is 4.39 Å². The summed E-state index contributed by atoms with van der Waals surface area (Å²) in [4.78, 5) is 17.3. The third-order valence-corrected chi connectivity index (χ3v) is 3.99. The molecule has 24 heavy (non-hydrogen) atoms. The average Bonchev–Trinajstić information content (AvgIpc) is 3.22. The van der Waals surface area contributed by atoms with Crippen molar-refractivity contribution >= 4 is 23.2 Å². The molecule has 1 aromatic heterocycles. The van der Waals surface area contributed by atoms with E-state index in [1.807, 2.05) is 19.2 Å². The number of carbonyl (C=O) groups is 1. The number of hydrogen-bond acceptors (Lipinski definition) is 4. The van der Waals surface area contributed by atoms with Crippen LogP contribution in [0.15, 0.2) is 35.6 Å². The molecule has 1 unspecified atom stereocenters. The Hall–Kier alpha value is -2.41. The van der Waals surface area contributed by atoms with Crippen molar-refractivity contribution in [3.63, 3.8) is 0 Å². The van der Waals surface area contributed by atoms with Gasteiger partial charge in [0.15, 0.2) is 0 Å². The number of aromatic nitrogens is 2. The topological polar surface area (TPSA) is 68.5 Å². The van der Waals surface area contributed by atoms with Gasteiger partial charge in [0.25, 0.3) is 5.91 Å². The molecule has 0 aliphatic carbocycles. The minimum Gasteiger partial charge on any atom is -0.382 e. The molecule has 1 N–H and O–H groups in total. The van der Waals surface area contributed by atoms with Crippen LogP contribution in [0.25, 0.3) is 0 Å². The molecule has 0 fully saturated rings. The first kappa shape index (κ1) is 16.4. The Bertz CT molecular complexity index is 770. The van der Waals surface area contributed by atoms with Crippen LogP contribution >= 0.6 is 11.6 Å². The zero-order valence-electron chi connectivity index (χ0n) is 13.0. The van der Waals surface area contributed by atoms with Crippen LogP contribution in [0.2, 0.25) is 5.02 Å². The Balaban J connectivity index is 1.59. The molecule has 2 aromatic rings. The van der Waals surface area contributed by atoms with Crippen molar-refractivity contribution in [3.05, 3.63) is 52.6 Å². The lowest BCUT2D eigenvalue weighted by Crippen LogP contribution is -2.34. The molecule has 0 saturated heterocycles. The summed E-state index contributed by atoms with van der Waals surface area (Å²) < 4.78 is 15.7. The molecule has 126 valence electrons. The summed E-state index contributed by atoms with van der Waals surface area (Å²) in [5.41, 5.74) is 1.26. The van der Waals surface area contributed by atoms with Crippen LogP contribution in [-0.2, 0) is 22.7 Å². The van der Waals surface area contributed by atoms with Crippen LogP contribution < -0.4 is 5.32 Å². The number of halogens is 2. The van der Waals surface area contributed by atoms with E-state index in [9.17, 15) is 9.18 Å². The Morgan fingerprint density at radius 2 is 2.33 bits per heavy atom. The summed E-state index contributed by atoms with van der Waals surface area (Å²) >= 11 is 6.01. The third-order valence-electron chi connectivity index (χ3n) is 3.68. The molecule has 6 nitrogen and oxygen atoms in total. The Morgan fingerprint density at radius 1 is 1.50 bits per heavy atom. The first-order valence-corrected chi connectivity index (χ1v) is 7.93. The van der Waals surface area contributed by atoms with Crippen molar-refractivity contribution in [2.45, 2.75) is 32.5 Å². The lowest BCUT2D eigenvalue weighted by Gasteiger charge is -2.08. The lowest BCUT2D eigenvalue weighted by molar-refractivity contribution is -0.131. The van der Waals surface area contributed by atoms with Gasteiger partial charge in [-0.2, -0.15) is 5.10 Å². The number of hydrogen-bond donors (Lipinski definition) is 1. The molecule has 8 heteroatoms. The fourth-order valence-corrected chi connectivity index (χ4v) is 2.68. The van der Waals surface area contributed by atoms with Gasteiger partial charge in [0.05, 0.1) is 28.5 Å². The molecule has 0 spiro atoms. The van der Waals surface area contributed by atoms with Gasteiger partial charge in [0.1, 0.15) is 5.82 Å². The highest BCUT2D eigenvalue weighted by Gasteiger charge is 2.31. The van der Waals surface area contributed by atoms with E-state index in [1.54, 1.807) is 10.7 Å². The third kappa shape index (κ3) is 3.41. The van der Waals surface area contributed by atoms with E-state index >= 15 is 0 Å². The summed E-state index contributed by atoms with van der Waals surface area (Å²) in [5.74, 6) is -0.816. The fourth-order valence-electron chi connectivity index (χ4n) is 2.40. The van der Waals surface area contributed by atoms with Crippen LogP contribution in [0.4, 0.5) is 4.39 Å². The highest BCUT2D eigenvalue weighted by Crippen LogP contribution is 2.25. The van der Waals surface area contributed by atoms with Crippen molar-refractivity contribution < 1.29 is 14.0 Å². The second-order valence-electron chi connectivity index (χ2n) is 5.31. The quantitative estimate of drug-likeness (QED) is 0.900. The van der Waals surface area contributed by atoms with Gasteiger partial charge >= 0.3 is 0 Å². The minimum absolute atomic E-state index is 0.163. The molecule has 1 amide bonds. The van der Waals surface area contributed by atoms with Crippen LogP contribution in [0.1, 0.15) is 24.6 Å². The van der Waals surface area contributed by atoms with Crippen LogP contribution in [0.5, 0.6) is 0 Å². The normalized spacial score (nSPS) is 16.6. The molecule has 3 rings (SSSR count). The van der Waals surface area contributed by atoms with Gasteiger partial charge in [-0.1, -0.05) is 22.8 Å². The van der Waals surface area contributed by atoms with Crippen LogP contribution in [0.3, 0.4) is 0 Å². The van der Waals surface area contributed by atoms with Crippen molar-refractivity contribution in [2.24, 2.45) is 5.16 Å². The van der Waals surface area contributed by atoms with Gasteiger partial charge in [-0.3, -0.25) is 9.48 Å². The fraction of sp³-hybridized carbons (Fsp3) is 0.312. The van der Waals surface area contributed by atoms with Crippen molar-refractivity contribution in [1.29, 1.82) is 0 Å². The highest BCUT2D eigenvalue weighted by atomic mass is 35.5. The molecule has 0 saturated carbocycles. The van der Waals surface area contributed by atoms with E-state index in [0.717, 1.165) is 12.2 Å². The van der Waals surface area contributed by atoms with E-state index in [1.165, 1.54) is 12.1 Å². The summed E-state index contributed by atoms with van der Waals surface area (Å²) in [6.07, 6.45) is 1.20. The minimum atomic E-state index is -0.802. The monoisotopic (exact) mass is 350 g/mol. The molecule has 1 aliphatic heterocycles.